The van der Waals surface area contributed by atoms with Gasteiger partial charge in [-0.05, 0) is 19.1 Å². The predicted octanol–water partition coefficient (Wildman–Crippen LogP) is 3.75. The van der Waals surface area contributed by atoms with Crippen LogP contribution < -0.4 is 0 Å². The lowest BCUT2D eigenvalue weighted by Crippen LogP contribution is -2.37. The standard InChI is InChI=1S/C17H12ClNO2/c1-10-6-8-11(9-7-10)19-15-14(18)16(20)12-4-2-3-5-13(12)17(15)21/h2-9,14H,1H3. The van der Waals surface area contributed by atoms with Crippen LogP contribution in [0.1, 0.15) is 26.3 Å². The smallest absolute Gasteiger partial charge is 0.209 e. The number of fused-ring (bicyclic) bond motifs is 1. The first-order valence-corrected chi connectivity index (χ1v) is 6.99. The predicted molar refractivity (Wildman–Crippen MR) is 83.0 cm³/mol. The zero-order valence-electron chi connectivity index (χ0n) is 11.3. The second-order valence-corrected chi connectivity index (χ2v) is 5.37. The molecule has 0 N–H and O–H groups in total. The van der Waals surface area contributed by atoms with E-state index in [2.05, 4.69) is 4.99 Å². The molecule has 0 aromatic heterocycles. The molecular formula is C17H12ClNO2. The summed E-state index contributed by atoms with van der Waals surface area (Å²) in [5.41, 5.74) is 2.53. The van der Waals surface area contributed by atoms with Crippen molar-refractivity contribution >= 4 is 34.6 Å². The summed E-state index contributed by atoms with van der Waals surface area (Å²) < 4.78 is 0. The Balaban J connectivity index is 2.10. The molecule has 104 valence electrons. The number of carbonyl (C=O) groups excluding carboxylic acids is 2. The molecule has 1 atom stereocenters. The summed E-state index contributed by atoms with van der Waals surface area (Å²) in [5, 5.41) is -1.03. The number of benzene rings is 2. The number of Topliss-reactive ketones (excluding diaryl/α,β-unsaturated/α-hetero) is 2. The van der Waals surface area contributed by atoms with Gasteiger partial charge in [-0.1, -0.05) is 42.0 Å². The molecule has 0 bridgehead atoms. The average Bonchev–Trinajstić information content (AvgIpc) is 2.51. The first-order chi connectivity index (χ1) is 10.1. The lowest BCUT2D eigenvalue weighted by Gasteiger charge is -2.19. The van der Waals surface area contributed by atoms with Crippen molar-refractivity contribution in [3.05, 3.63) is 65.2 Å². The van der Waals surface area contributed by atoms with E-state index >= 15 is 0 Å². The third-order valence-corrected chi connectivity index (χ3v) is 3.83. The van der Waals surface area contributed by atoms with Crippen molar-refractivity contribution in [2.75, 3.05) is 0 Å². The fourth-order valence-electron chi connectivity index (χ4n) is 2.28. The van der Waals surface area contributed by atoms with E-state index in [0.717, 1.165) is 5.56 Å². The van der Waals surface area contributed by atoms with Gasteiger partial charge < -0.3 is 0 Å². The number of aryl methyl sites for hydroxylation is 1. The van der Waals surface area contributed by atoms with Crippen molar-refractivity contribution in [1.82, 2.24) is 0 Å². The Morgan fingerprint density at radius 2 is 1.57 bits per heavy atom. The van der Waals surface area contributed by atoms with Gasteiger partial charge in [-0.25, -0.2) is 4.99 Å². The van der Waals surface area contributed by atoms with E-state index in [4.69, 9.17) is 11.6 Å². The molecule has 0 heterocycles. The second-order valence-electron chi connectivity index (χ2n) is 4.93. The number of carbonyl (C=O) groups is 2. The van der Waals surface area contributed by atoms with Crippen LogP contribution in [0.3, 0.4) is 0 Å². The van der Waals surface area contributed by atoms with E-state index in [-0.39, 0.29) is 17.3 Å². The molecule has 3 nitrogen and oxygen atoms in total. The molecule has 1 unspecified atom stereocenters. The number of aliphatic imine (C=N–C) groups is 1. The molecule has 0 aliphatic heterocycles. The maximum atomic E-state index is 12.5. The van der Waals surface area contributed by atoms with Crippen LogP contribution >= 0.6 is 11.6 Å². The molecule has 1 aliphatic rings. The highest BCUT2D eigenvalue weighted by atomic mass is 35.5. The van der Waals surface area contributed by atoms with Gasteiger partial charge in [-0.2, -0.15) is 0 Å². The summed E-state index contributed by atoms with van der Waals surface area (Å²) in [5.74, 6) is -0.566. The minimum Gasteiger partial charge on any atom is -0.292 e. The van der Waals surface area contributed by atoms with E-state index in [1.807, 2.05) is 19.1 Å². The van der Waals surface area contributed by atoms with Crippen molar-refractivity contribution in [3.63, 3.8) is 0 Å². The third-order valence-electron chi connectivity index (χ3n) is 3.42. The summed E-state index contributed by atoms with van der Waals surface area (Å²) in [6.45, 7) is 1.97. The number of halogens is 1. The summed E-state index contributed by atoms with van der Waals surface area (Å²) in [4.78, 5) is 29.0. The number of hydrogen-bond acceptors (Lipinski definition) is 3. The van der Waals surface area contributed by atoms with Crippen LogP contribution in [0, 0.1) is 6.92 Å². The molecule has 0 fully saturated rings. The van der Waals surface area contributed by atoms with Crippen molar-refractivity contribution in [2.45, 2.75) is 12.3 Å². The highest BCUT2D eigenvalue weighted by molar-refractivity contribution is 6.65. The Bertz CT molecular complexity index is 763. The average molecular weight is 298 g/mol. The van der Waals surface area contributed by atoms with Gasteiger partial charge in [-0.3, -0.25) is 9.59 Å². The zero-order chi connectivity index (χ0) is 15.0. The third kappa shape index (κ3) is 2.41. The maximum Gasteiger partial charge on any atom is 0.209 e. The normalized spacial score (nSPS) is 19.7. The van der Waals surface area contributed by atoms with Gasteiger partial charge in [0.15, 0.2) is 5.78 Å². The number of hydrogen-bond donors (Lipinski definition) is 0. The molecule has 4 heteroatoms. The first kappa shape index (κ1) is 13.7. The van der Waals surface area contributed by atoms with Gasteiger partial charge in [0.1, 0.15) is 11.1 Å². The quantitative estimate of drug-likeness (QED) is 0.753. The van der Waals surface area contributed by atoms with E-state index in [1.165, 1.54) is 0 Å². The number of rotatable bonds is 1. The van der Waals surface area contributed by atoms with Crippen LogP contribution in [0.4, 0.5) is 5.69 Å². The Morgan fingerprint density at radius 3 is 2.24 bits per heavy atom. The van der Waals surface area contributed by atoms with Crippen molar-refractivity contribution in [2.24, 2.45) is 4.99 Å². The zero-order valence-corrected chi connectivity index (χ0v) is 12.1. The van der Waals surface area contributed by atoms with Crippen LogP contribution in [0.2, 0.25) is 0 Å². The lowest BCUT2D eigenvalue weighted by molar-refractivity contribution is 0.0968. The van der Waals surface area contributed by atoms with Gasteiger partial charge in [0, 0.05) is 11.1 Å². The summed E-state index contributed by atoms with van der Waals surface area (Å²) in [6.07, 6.45) is 0. The fourth-order valence-corrected chi connectivity index (χ4v) is 2.54. The molecule has 2 aromatic rings. The van der Waals surface area contributed by atoms with Gasteiger partial charge >= 0.3 is 0 Å². The van der Waals surface area contributed by atoms with Crippen LogP contribution in [0.25, 0.3) is 0 Å². The number of alkyl halides is 1. The topological polar surface area (TPSA) is 46.5 Å². The second kappa shape index (κ2) is 5.26. The lowest BCUT2D eigenvalue weighted by atomic mass is 9.88. The Morgan fingerprint density at radius 1 is 0.952 bits per heavy atom. The van der Waals surface area contributed by atoms with E-state index in [0.29, 0.717) is 16.8 Å². The van der Waals surface area contributed by atoms with E-state index < -0.39 is 5.38 Å². The largest absolute Gasteiger partial charge is 0.292 e. The van der Waals surface area contributed by atoms with Crippen molar-refractivity contribution in [1.29, 1.82) is 0 Å². The van der Waals surface area contributed by atoms with Crippen LogP contribution in [0.15, 0.2) is 53.5 Å². The molecule has 3 rings (SSSR count). The summed E-state index contributed by atoms with van der Waals surface area (Å²) >= 11 is 6.14. The van der Waals surface area contributed by atoms with Gasteiger partial charge in [0.05, 0.1) is 5.69 Å². The van der Waals surface area contributed by atoms with E-state index in [1.54, 1.807) is 36.4 Å². The highest BCUT2D eigenvalue weighted by Gasteiger charge is 2.36. The maximum absolute atomic E-state index is 12.5. The molecular weight excluding hydrogens is 286 g/mol. The van der Waals surface area contributed by atoms with Gasteiger partial charge in [0.2, 0.25) is 5.78 Å². The molecule has 0 saturated carbocycles. The van der Waals surface area contributed by atoms with E-state index in [9.17, 15) is 9.59 Å². The Kier molecular flexibility index (Phi) is 3.43. The molecule has 2 aromatic carbocycles. The summed E-state index contributed by atoms with van der Waals surface area (Å²) in [7, 11) is 0. The van der Waals surface area contributed by atoms with Crippen LogP contribution in [0.5, 0.6) is 0 Å². The Hall–Kier alpha value is -2.26. The molecule has 21 heavy (non-hydrogen) atoms. The highest BCUT2D eigenvalue weighted by Crippen LogP contribution is 2.25. The number of nitrogens with zero attached hydrogens (tertiary/aromatic N) is 1. The summed E-state index contributed by atoms with van der Waals surface area (Å²) in [6, 6.07) is 14.1. The Labute approximate surface area is 127 Å². The SMILES string of the molecule is Cc1ccc(N=C2C(=O)c3ccccc3C(=O)C2Cl)cc1. The molecule has 0 amide bonds. The molecule has 0 spiro atoms. The first-order valence-electron chi connectivity index (χ1n) is 6.55. The fraction of sp³-hybridized carbons (Fsp3) is 0.118. The van der Waals surface area contributed by atoms with Crippen molar-refractivity contribution in [3.8, 4) is 0 Å². The molecule has 0 radical (unpaired) electrons. The monoisotopic (exact) mass is 297 g/mol. The minimum absolute atomic E-state index is 0.0872. The van der Waals surface area contributed by atoms with Gasteiger partial charge in [-0.15, -0.1) is 11.6 Å². The number of ketones is 2. The molecule has 0 saturated heterocycles. The molecule has 1 aliphatic carbocycles. The minimum atomic E-state index is -1.03. The van der Waals surface area contributed by atoms with Crippen molar-refractivity contribution < 1.29 is 9.59 Å². The van der Waals surface area contributed by atoms with Gasteiger partial charge in [0.25, 0.3) is 0 Å². The van der Waals surface area contributed by atoms with Crippen LogP contribution in [-0.4, -0.2) is 22.7 Å². The van der Waals surface area contributed by atoms with Crippen LogP contribution in [-0.2, 0) is 0 Å².